The molecule has 0 heterocycles. The van der Waals surface area contributed by atoms with Gasteiger partial charge in [-0.3, -0.25) is 0 Å². The summed E-state index contributed by atoms with van der Waals surface area (Å²) in [6.07, 6.45) is -5.50. The van der Waals surface area contributed by atoms with Gasteiger partial charge < -0.3 is 30.3 Å². The van der Waals surface area contributed by atoms with Crippen molar-refractivity contribution in [2.45, 2.75) is 37.7 Å². The van der Waals surface area contributed by atoms with Crippen LogP contribution in [-0.4, -0.2) is 84.8 Å². The Morgan fingerprint density at radius 1 is 1.24 bits per heavy atom. The van der Waals surface area contributed by atoms with Crippen LogP contribution in [0.1, 0.15) is 6.92 Å². The third-order valence-electron chi connectivity index (χ3n) is 2.13. The standard InChI is InChI=1S/C6H12O6.C2H9B3/c7-1-3(9)5(11)6(12)4(10)2-8;1-2-4-5-3/h1,3-6,8-12H,2H2;4-5H,2-3H2,1H3. The highest BCUT2D eigenvalue weighted by atomic mass is 16.4. The normalized spacial score (nSPS) is 16.8. The van der Waals surface area contributed by atoms with E-state index in [1.54, 1.807) is 0 Å². The Kier molecular flexibility index (Phi) is 13.6. The molecule has 0 aromatic rings. The zero-order chi connectivity index (χ0) is 13.8. The van der Waals surface area contributed by atoms with Crippen molar-refractivity contribution in [3.05, 3.63) is 0 Å². The van der Waals surface area contributed by atoms with E-state index in [-0.39, 0.29) is 6.29 Å². The summed E-state index contributed by atoms with van der Waals surface area (Å²) in [5.74, 6) is 0. The van der Waals surface area contributed by atoms with E-state index in [0.717, 1.165) is 0 Å². The van der Waals surface area contributed by atoms with Gasteiger partial charge in [0.15, 0.2) is 6.29 Å². The number of aldehydes is 1. The number of carbonyl (C=O) groups is 1. The van der Waals surface area contributed by atoms with Gasteiger partial charge in [0.2, 0.25) is 0 Å². The lowest BCUT2D eigenvalue weighted by Crippen LogP contribution is -2.46. The van der Waals surface area contributed by atoms with Gasteiger partial charge in [-0.15, -0.1) is 0 Å². The minimum absolute atomic E-state index is 0.0258. The maximum atomic E-state index is 9.90. The fourth-order valence-corrected chi connectivity index (χ4v) is 0.972. The van der Waals surface area contributed by atoms with Crippen LogP contribution in [0.2, 0.25) is 6.32 Å². The van der Waals surface area contributed by atoms with Gasteiger partial charge in [0.1, 0.15) is 24.4 Å². The molecule has 0 saturated carbocycles. The van der Waals surface area contributed by atoms with Gasteiger partial charge in [0, 0.05) is 0 Å². The molecule has 98 valence electrons. The van der Waals surface area contributed by atoms with Crippen molar-refractivity contribution in [2.75, 3.05) is 6.61 Å². The lowest BCUT2D eigenvalue weighted by Gasteiger charge is -2.22. The van der Waals surface area contributed by atoms with Gasteiger partial charge in [0.05, 0.1) is 28.6 Å². The molecule has 17 heavy (non-hydrogen) atoms. The van der Waals surface area contributed by atoms with Crippen LogP contribution in [0.5, 0.6) is 0 Å². The molecule has 0 aromatic carbocycles. The summed E-state index contributed by atoms with van der Waals surface area (Å²) in [5, 5.41) is 43.5. The van der Waals surface area contributed by atoms with Gasteiger partial charge in [-0.2, -0.15) is 0 Å². The fraction of sp³-hybridized carbons (Fsp3) is 0.875. The summed E-state index contributed by atoms with van der Waals surface area (Å²) < 4.78 is 0. The first-order valence-corrected chi connectivity index (χ1v) is 5.74. The highest BCUT2D eigenvalue weighted by molar-refractivity contribution is 7.23. The fourth-order valence-electron chi connectivity index (χ4n) is 0.972. The van der Waals surface area contributed by atoms with Gasteiger partial charge in [-0.25, -0.2) is 0 Å². The SMILES string of the molecule is BBBCC.O=CC(O)C(O)C(O)C(O)CO. The third kappa shape index (κ3) is 9.37. The van der Waals surface area contributed by atoms with Crippen LogP contribution in [0.4, 0.5) is 0 Å². The molecule has 0 radical (unpaired) electrons. The largest absolute Gasteiger partial charge is 0.394 e. The molecule has 0 aromatic heterocycles. The summed E-state index contributed by atoms with van der Waals surface area (Å²) in [4.78, 5) is 9.90. The average molecular weight is 246 g/mol. The van der Waals surface area contributed by atoms with Crippen LogP contribution >= 0.6 is 0 Å². The second-order valence-corrected chi connectivity index (χ2v) is 3.71. The van der Waals surface area contributed by atoms with E-state index >= 15 is 0 Å². The van der Waals surface area contributed by atoms with E-state index < -0.39 is 31.0 Å². The number of rotatable bonds is 7. The molecule has 0 fully saturated rings. The van der Waals surface area contributed by atoms with Crippen molar-refractivity contribution < 1.29 is 30.3 Å². The molecule has 5 N–H and O–H groups in total. The van der Waals surface area contributed by atoms with E-state index in [0.29, 0.717) is 0 Å². The monoisotopic (exact) mass is 246 g/mol. The first-order valence-electron chi connectivity index (χ1n) is 5.74. The summed E-state index contributed by atoms with van der Waals surface area (Å²) in [6, 6.07) is 0. The van der Waals surface area contributed by atoms with E-state index in [1.165, 1.54) is 20.6 Å². The smallest absolute Gasteiger partial charge is 0.151 e. The second-order valence-electron chi connectivity index (χ2n) is 3.71. The van der Waals surface area contributed by atoms with E-state index in [4.69, 9.17) is 25.5 Å². The molecule has 0 rings (SSSR count). The Hall–Kier alpha value is -0.335. The molecule has 0 aliphatic carbocycles. The second kappa shape index (κ2) is 12.1. The van der Waals surface area contributed by atoms with Crippen molar-refractivity contribution >= 4 is 28.3 Å². The molecule has 4 atom stereocenters. The van der Waals surface area contributed by atoms with Crippen LogP contribution < -0.4 is 0 Å². The highest BCUT2D eigenvalue weighted by Gasteiger charge is 2.29. The van der Waals surface area contributed by atoms with Gasteiger partial charge in [-0.05, 0) is 0 Å². The molecular formula is C8H21B3O6. The van der Waals surface area contributed by atoms with Gasteiger partial charge >= 0.3 is 0 Å². The van der Waals surface area contributed by atoms with Gasteiger partial charge in [0.25, 0.3) is 0 Å². The Balaban J connectivity index is 0. The van der Waals surface area contributed by atoms with Crippen LogP contribution in [-0.2, 0) is 4.79 Å². The minimum atomic E-state index is -1.79. The van der Waals surface area contributed by atoms with Crippen LogP contribution in [0, 0.1) is 0 Å². The highest BCUT2D eigenvalue weighted by Crippen LogP contribution is 2.02. The molecule has 0 bridgehead atoms. The maximum Gasteiger partial charge on any atom is 0.151 e. The Bertz CT molecular complexity index is 183. The molecule has 0 saturated heterocycles. The Labute approximate surface area is 104 Å². The first-order chi connectivity index (χ1) is 7.95. The van der Waals surface area contributed by atoms with Crippen molar-refractivity contribution in [1.29, 1.82) is 0 Å². The molecule has 6 nitrogen and oxygen atoms in total. The molecular weight excluding hydrogens is 225 g/mol. The number of carbonyl (C=O) groups excluding carboxylic acids is 1. The van der Waals surface area contributed by atoms with Crippen LogP contribution in [0.15, 0.2) is 0 Å². The summed E-state index contributed by atoms with van der Waals surface area (Å²) in [7, 11) is 4.94. The van der Waals surface area contributed by atoms with E-state index in [1.807, 2.05) is 0 Å². The molecule has 0 aliphatic rings. The number of hydrogen-bond acceptors (Lipinski definition) is 6. The van der Waals surface area contributed by atoms with Crippen molar-refractivity contribution in [3.8, 4) is 0 Å². The summed E-state index contributed by atoms with van der Waals surface area (Å²) in [6.45, 7) is 1.45. The topological polar surface area (TPSA) is 118 Å². The zero-order valence-electron chi connectivity index (χ0n) is 10.4. The quantitative estimate of drug-likeness (QED) is 0.228. The predicted molar refractivity (Wildman–Crippen MR) is 70.5 cm³/mol. The lowest BCUT2D eigenvalue weighted by molar-refractivity contribution is -0.136. The van der Waals surface area contributed by atoms with E-state index in [9.17, 15) is 4.79 Å². The molecule has 0 aliphatic heterocycles. The molecule has 9 heteroatoms. The van der Waals surface area contributed by atoms with Crippen molar-refractivity contribution in [2.24, 2.45) is 0 Å². The van der Waals surface area contributed by atoms with Crippen LogP contribution in [0.3, 0.4) is 0 Å². The molecule has 4 unspecified atom stereocenters. The van der Waals surface area contributed by atoms with Crippen molar-refractivity contribution in [1.82, 2.24) is 0 Å². The Morgan fingerprint density at radius 3 is 2.00 bits per heavy atom. The van der Waals surface area contributed by atoms with Crippen molar-refractivity contribution in [3.63, 3.8) is 0 Å². The zero-order valence-corrected chi connectivity index (χ0v) is 10.4. The first kappa shape index (κ1) is 19.0. The van der Waals surface area contributed by atoms with E-state index in [2.05, 4.69) is 14.7 Å². The number of hydrogen-bond donors (Lipinski definition) is 5. The minimum Gasteiger partial charge on any atom is -0.394 e. The van der Waals surface area contributed by atoms with Crippen LogP contribution in [0.25, 0.3) is 0 Å². The summed E-state index contributed by atoms with van der Waals surface area (Å²) >= 11 is 0. The van der Waals surface area contributed by atoms with Gasteiger partial charge in [-0.1, -0.05) is 13.2 Å². The molecule has 0 amide bonds. The third-order valence-corrected chi connectivity index (χ3v) is 2.13. The number of aliphatic hydroxyl groups excluding tert-OH is 5. The predicted octanol–water partition coefficient (Wildman–Crippen LogP) is -4.62. The lowest BCUT2D eigenvalue weighted by atomic mass is 9.27. The maximum absolute atomic E-state index is 9.90. The average Bonchev–Trinajstić information content (AvgIpc) is 2.36. The Morgan fingerprint density at radius 2 is 1.76 bits per heavy atom. The summed E-state index contributed by atoms with van der Waals surface area (Å²) in [5.41, 5.74) is 0. The molecule has 0 spiro atoms. The number of aliphatic hydroxyl groups is 5.